The first-order valence-electron chi connectivity index (χ1n) is 10.2. The number of carbonyl (C=O) groups excluding carboxylic acids is 1. The molecule has 30 heavy (non-hydrogen) atoms. The maximum atomic E-state index is 13.5. The van der Waals surface area contributed by atoms with Crippen LogP contribution in [0.15, 0.2) is 23.6 Å². The molecule has 0 radical (unpaired) electrons. The van der Waals surface area contributed by atoms with Crippen LogP contribution in [0.1, 0.15) is 67.8 Å². The predicted octanol–water partition coefficient (Wildman–Crippen LogP) is 5.92. The van der Waals surface area contributed by atoms with Crippen LogP contribution in [-0.4, -0.2) is 24.2 Å². The summed E-state index contributed by atoms with van der Waals surface area (Å²) in [6.45, 7) is 4.36. The summed E-state index contributed by atoms with van der Waals surface area (Å²) in [5, 5.41) is 2.49. The van der Waals surface area contributed by atoms with E-state index < -0.39 is 17.2 Å². The minimum Gasteiger partial charge on any atom is -0.493 e. The third-order valence-electron chi connectivity index (χ3n) is 5.17. The van der Waals surface area contributed by atoms with Gasteiger partial charge in [0.25, 0.3) is 0 Å². The molecule has 0 saturated heterocycles. The second kappa shape index (κ2) is 9.37. The number of thiazole rings is 1. The Kier molecular flexibility index (Phi) is 7.06. The molecule has 164 valence electrons. The lowest BCUT2D eigenvalue weighted by atomic mass is 10.0. The first-order valence-corrected chi connectivity index (χ1v) is 11.1. The van der Waals surface area contributed by atoms with E-state index in [2.05, 4.69) is 4.98 Å². The van der Waals surface area contributed by atoms with Gasteiger partial charge in [0.1, 0.15) is 11.2 Å². The average Bonchev–Trinajstić information content (AvgIpc) is 3.38. The van der Waals surface area contributed by atoms with E-state index in [-0.39, 0.29) is 24.7 Å². The van der Waals surface area contributed by atoms with Crippen LogP contribution in [-0.2, 0) is 27.5 Å². The maximum Gasteiger partial charge on any atom is 0.419 e. The summed E-state index contributed by atoms with van der Waals surface area (Å²) in [5.41, 5.74) is -0.269. The molecular formula is C22H26F3NO3S. The van der Waals surface area contributed by atoms with Crippen LogP contribution in [0.3, 0.4) is 0 Å². The van der Waals surface area contributed by atoms with E-state index >= 15 is 0 Å². The lowest BCUT2D eigenvalue weighted by molar-refractivity contribution is -0.146. The molecule has 0 unspecified atom stereocenters. The van der Waals surface area contributed by atoms with Crippen LogP contribution in [0.5, 0.6) is 5.75 Å². The Balaban J connectivity index is 1.74. The number of rotatable bonds is 10. The molecule has 1 aliphatic carbocycles. The number of hydrogen-bond donors (Lipinski definition) is 0. The van der Waals surface area contributed by atoms with Gasteiger partial charge in [0.15, 0.2) is 0 Å². The third kappa shape index (κ3) is 5.14. The number of ether oxygens (including phenoxy) is 2. The van der Waals surface area contributed by atoms with Crippen molar-refractivity contribution in [1.82, 2.24) is 4.98 Å². The van der Waals surface area contributed by atoms with Crippen molar-refractivity contribution in [3.63, 3.8) is 0 Å². The highest BCUT2D eigenvalue weighted by molar-refractivity contribution is 7.09. The Bertz CT molecular complexity index is 875. The maximum absolute atomic E-state index is 13.5. The summed E-state index contributed by atoms with van der Waals surface area (Å²) in [4.78, 5) is 16.8. The zero-order valence-corrected chi connectivity index (χ0v) is 18.0. The Morgan fingerprint density at radius 2 is 2.00 bits per heavy atom. The molecule has 0 bridgehead atoms. The quantitative estimate of drug-likeness (QED) is 0.339. The number of benzene rings is 1. The summed E-state index contributed by atoms with van der Waals surface area (Å²) < 4.78 is 51.1. The predicted molar refractivity (Wildman–Crippen MR) is 109 cm³/mol. The number of alkyl halides is 3. The zero-order chi connectivity index (χ0) is 21.8. The van der Waals surface area contributed by atoms with Gasteiger partial charge < -0.3 is 9.47 Å². The number of esters is 1. The fourth-order valence-electron chi connectivity index (χ4n) is 3.31. The van der Waals surface area contributed by atoms with Crippen molar-refractivity contribution in [3.05, 3.63) is 45.4 Å². The summed E-state index contributed by atoms with van der Waals surface area (Å²) in [6, 6.07) is 4.16. The summed E-state index contributed by atoms with van der Waals surface area (Å²) in [6.07, 6.45) is -0.232. The monoisotopic (exact) mass is 441 g/mol. The fraction of sp³-hybridized carbons (Fsp3) is 0.545. The number of halogens is 3. The summed E-state index contributed by atoms with van der Waals surface area (Å²) in [5.74, 6) is -0.410. The van der Waals surface area contributed by atoms with E-state index in [1.165, 1.54) is 17.4 Å². The molecular weight excluding hydrogens is 415 g/mol. The van der Waals surface area contributed by atoms with Crippen molar-refractivity contribution in [2.24, 2.45) is 0 Å². The van der Waals surface area contributed by atoms with Crippen LogP contribution >= 0.6 is 11.3 Å². The zero-order valence-electron chi connectivity index (χ0n) is 17.2. The molecule has 1 aliphatic rings. The van der Waals surface area contributed by atoms with Gasteiger partial charge in [0.2, 0.25) is 0 Å². The topological polar surface area (TPSA) is 48.4 Å². The molecule has 0 atom stereocenters. The Hall–Kier alpha value is -2.09. The molecule has 1 fully saturated rings. The van der Waals surface area contributed by atoms with Crippen LogP contribution in [0.2, 0.25) is 0 Å². The minimum absolute atomic E-state index is 0.138. The highest BCUT2D eigenvalue weighted by atomic mass is 32.1. The van der Waals surface area contributed by atoms with Crippen molar-refractivity contribution in [2.75, 3.05) is 13.2 Å². The Morgan fingerprint density at radius 1 is 1.23 bits per heavy atom. The molecule has 4 nitrogen and oxygen atoms in total. The molecule has 0 aliphatic heterocycles. The van der Waals surface area contributed by atoms with Crippen LogP contribution in [0, 0.1) is 0 Å². The molecule has 1 aromatic carbocycles. The van der Waals surface area contributed by atoms with Gasteiger partial charge in [-0.3, -0.25) is 4.79 Å². The minimum atomic E-state index is -4.49. The van der Waals surface area contributed by atoms with Crippen molar-refractivity contribution >= 4 is 17.3 Å². The van der Waals surface area contributed by atoms with Crippen LogP contribution in [0.25, 0.3) is 0 Å². The molecule has 1 aromatic heterocycles. The molecule has 0 amide bonds. The molecule has 1 saturated carbocycles. The van der Waals surface area contributed by atoms with E-state index in [1.807, 2.05) is 12.3 Å². The van der Waals surface area contributed by atoms with Gasteiger partial charge in [-0.1, -0.05) is 25.8 Å². The SMILES string of the molecule is CCCCCOc1ccc(Cc2nc(C3(C(=O)OCC)CC3)cs2)cc1C(F)(F)F. The highest BCUT2D eigenvalue weighted by Gasteiger charge is 2.54. The number of nitrogens with zero attached hydrogens (tertiary/aromatic N) is 1. The molecule has 8 heteroatoms. The fourth-order valence-corrected chi connectivity index (χ4v) is 4.24. The van der Waals surface area contributed by atoms with Gasteiger partial charge in [-0.2, -0.15) is 13.2 Å². The van der Waals surface area contributed by atoms with E-state index in [0.29, 0.717) is 35.7 Å². The van der Waals surface area contributed by atoms with Gasteiger partial charge in [-0.25, -0.2) is 4.98 Å². The van der Waals surface area contributed by atoms with Crippen molar-refractivity contribution < 1.29 is 27.4 Å². The highest BCUT2D eigenvalue weighted by Crippen LogP contribution is 2.49. The molecule has 0 N–H and O–H groups in total. The Labute approximate surface area is 178 Å². The van der Waals surface area contributed by atoms with Gasteiger partial charge in [-0.15, -0.1) is 11.3 Å². The number of unbranched alkanes of at least 4 members (excludes halogenated alkanes) is 2. The second-order valence-electron chi connectivity index (χ2n) is 7.49. The summed E-state index contributed by atoms with van der Waals surface area (Å²) >= 11 is 1.35. The molecule has 1 heterocycles. The largest absolute Gasteiger partial charge is 0.493 e. The van der Waals surface area contributed by atoms with E-state index in [0.717, 1.165) is 25.3 Å². The smallest absolute Gasteiger partial charge is 0.419 e. The molecule has 3 rings (SSSR count). The third-order valence-corrected chi connectivity index (χ3v) is 6.02. The molecule has 2 aromatic rings. The number of aromatic nitrogens is 1. The van der Waals surface area contributed by atoms with Gasteiger partial charge in [-0.05, 0) is 43.9 Å². The summed E-state index contributed by atoms with van der Waals surface area (Å²) in [7, 11) is 0. The lowest BCUT2D eigenvalue weighted by Gasteiger charge is -2.15. The standard InChI is InChI=1S/C22H26F3NO3S/c1-3-5-6-11-29-17-8-7-15(12-16(17)22(23,24)25)13-19-26-18(14-30-19)21(9-10-21)20(27)28-4-2/h7-8,12,14H,3-6,9-11,13H2,1-2H3. The van der Waals surface area contributed by atoms with Gasteiger partial charge in [0.05, 0.1) is 29.5 Å². The van der Waals surface area contributed by atoms with Crippen LogP contribution in [0.4, 0.5) is 13.2 Å². The normalized spacial score (nSPS) is 15.1. The second-order valence-corrected chi connectivity index (χ2v) is 8.43. The van der Waals surface area contributed by atoms with E-state index in [1.54, 1.807) is 13.0 Å². The van der Waals surface area contributed by atoms with Crippen molar-refractivity contribution in [1.29, 1.82) is 0 Å². The van der Waals surface area contributed by atoms with Crippen molar-refractivity contribution in [2.45, 2.75) is 64.0 Å². The van der Waals surface area contributed by atoms with Crippen molar-refractivity contribution in [3.8, 4) is 5.75 Å². The number of hydrogen-bond acceptors (Lipinski definition) is 5. The first-order chi connectivity index (χ1) is 14.3. The van der Waals surface area contributed by atoms with E-state index in [4.69, 9.17) is 9.47 Å². The average molecular weight is 442 g/mol. The molecule has 0 spiro atoms. The van der Waals surface area contributed by atoms with Crippen LogP contribution < -0.4 is 4.74 Å². The van der Waals surface area contributed by atoms with Gasteiger partial charge in [0, 0.05) is 11.8 Å². The Morgan fingerprint density at radius 3 is 2.63 bits per heavy atom. The van der Waals surface area contributed by atoms with E-state index in [9.17, 15) is 18.0 Å². The van der Waals surface area contributed by atoms with Gasteiger partial charge >= 0.3 is 12.1 Å². The number of carbonyl (C=O) groups is 1. The lowest BCUT2D eigenvalue weighted by Crippen LogP contribution is -2.23. The first kappa shape index (κ1) is 22.6.